The van der Waals surface area contributed by atoms with Crippen LogP contribution in [0.4, 0.5) is 0 Å². The first-order chi connectivity index (χ1) is 32.1. The first-order valence-corrected chi connectivity index (χ1v) is 26.4. The molecule has 0 saturated heterocycles. The van der Waals surface area contributed by atoms with E-state index in [0.717, 1.165) is 83.5 Å². The summed E-state index contributed by atoms with van der Waals surface area (Å²) in [7, 11) is -4.78. The van der Waals surface area contributed by atoms with Crippen LogP contribution < -0.4 is 5.32 Å². The van der Waals surface area contributed by atoms with Crippen molar-refractivity contribution in [1.29, 1.82) is 0 Å². The number of unbranched alkanes of at least 4 members (excludes halogenated alkanes) is 13. The van der Waals surface area contributed by atoms with Gasteiger partial charge in [-0.3, -0.25) is 18.6 Å². The van der Waals surface area contributed by atoms with Gasteiger partial charge in [-0.05, 0) is 96.3 Å². The smallest absolute Gasteiger partial charge is 0.472 e. The molecular weight excluding hydrogens is 854 g/mol. The molecule has 0 aliphatic rings. The Morgan fingerprint density at radius 2 is 0.894 bits per heavy atom. The standard InChI is InChI=1S/C54H88NO10P/c1-3-5-7-9-11-13-15-17-19-21-23-24-25-26-28-30-32-34-36-38-40-42-44-46-53(58)63-47-50(56)48-64-66(61,62)65-49-51(54(59)60)55-52(57)45-43-41-39-37-35-33-31-29-27-22-20-18-16-14-12-10-8-6-4-2/h5,7,11-14,17-20,23-24,26,28,32,34,38,40,50-51,56H,3-4,6,8-10,15-16,21-22,25,27,29-31,33,35-37,39,41-49H2,1-2H3,(H,55,57)(H,59,60)(H,61,62)/b7-5-,13-11-,14-12-,19-17-,20-18-,24-23-,28-26-,34-32-,40-38-. The fourth-order valence-corrected chi connectivity index (χ4v) is 6.99. The molecule has 0 aliphatic carbocycles. The number of aliphatic hydroxyl groups excluding tert-OH is 1. The van der Waals surface area contributed by atoms with Gasteiger partial charge in [0, 0.05) is 12.8 Å². The maximum absolute atomic E-state index is 12.4. The van der Waals surface area contributed by atoms with E-state index in [-0.39, 0.29) is 12.8 Å². The molecule has 0 aromatic carbocycles. The van der Waals surface area contributed by atoms with E-state index >= 15 is 0 Å². The summed E-state index contributed by atoms with van der Waals surface area (Å²) in [5.74, 6) is -2.46. The number of nitrogens with one attached hydrogen (secondary N) is 1. The van der Waals surface area contributed by atoms with Crippen molar-refractivity contribution in [2.24, 2.45) is 0 Å². The van der Waals surface area contributed by atoms with Crippen LogP contribution in [0.1, 0.15) is 181 Å². The molecule has 0 bridgehead atoms. The van der Waals surface area contributed by atoms with E-state index < -0.39 is 57.6 Å². The van der Waals surface area contributed by atoms with Crippen LogP contribution in [0, 0.1) is 0 Å². The van der Waals surface area contributed by atoms with E-state index in [2.05, 4.69) is 116 Å². The first-order valence-electron chi connectivity index (χ1n) is 24.9. The highest BCUT2D eigenvalue weighted by Crippen LogP contribution is 2.43. The molecule has 0 saturated carbocycles. The summed E-state index contributed by atoms with van der Waals surface area (Å²) in [6.45, 7) is 2.39. The topological polar surface area (TPSA) is 169 Å². The van der Waals surface area contributed by atoms with Crippen LogP contribution in [0.3, 0.4) is 0 Å². The van der Waals surface area contributed by atoms with E-state index in [9.17, 15) is 34.1 Å². The van der Waals surface area contributed by atoms with Crippen molar-refractivity contribution in [1.82, 2.24) is 5.32 Å². The van der Waals surface area contributed by atoms with Gasteiger partial charge in [-0.25, -0.2) is 9.36 Å². The summed E-state index contributed by atoms with van der Waals surface area (Å²) in [6, 6.07) is -1.56. The summed E-state index contributed by atoms with van der Waals surface area (Å²) >= 11 is 0. The van der Waals surface area contributed by atoms with E-state index in [4.69, 9.17) is 13.8 Å². The van der Waals surface area contributed by atoms with Crippen LogP contribution >= 0.6 is 7.82 Å². The van der Waals surface area contributed by atoms with Crippen LogP contribution in [0.2, 0.25) is 0 Å². The van der Waals surface area contributed by atoms with E-state index in [1.54, 1.807) is 0 Å². The average molecular weight is 942 g/mol. The highest BCUT2D eigenvalue weighted by atomic mass is 31.2. The molecule has 0 aromatic rings. The molecule has 3 atom stereocenters. The minimum Gasteiger partial charge on any atom is -0.480 e. The molecule has 4 N–H and O–H groups in total. The molecule has 0 spiro atoms. The number of aliphatic carboxylic acids is 1. The van der Waals surface area contributed by atoms with Crippen molar-refractivity contribution in [2.45, 2.75) is 193 Å². The Hall–Kier alpha value is -3.86. The normalized spacial score (nSPS) is 14.5. The molecule has 11 nitrogen and oxygen atoms in total. The van der Waals surface area contributed by atoms with Crippen LogP contribution in [0.25, 0.3) is 0 Å². The lowest BCUT2D eigenvalue weighted by molar-refractivity contribution is -0.147. The van der Waals surface area contributed by atoms with E-state index in [1.807, 2.05) is 12.2 Å². The number of amides is 1. The highest BCUT2D eigenvalue weighted by Gasteiger charge is 2.28. The quantitative estimate of drug-likeness (QED) is 0.0200. The number of hydrogen-bond acceptors (Lipinski definition) is 8. The summed E-state index contributed by atoms with van der Waals surface area (Å²) < 4.78 is 26.9. The lowest BCUT2D eigenvalue weighted by Crippen LogP contribution is -2.43. The van der Waals surface area contributed by atoms with Crippen LogP contribution in [0.5, 0.6) is 0 Å². The van der Waals surface area contributed by atoms with Gasteiger partial charge < -0.3 is 25.2 Å². The molecule has 0 rings (SSSR count). The van der Waals surface area contributed by atoms with E-state index in [0.29, 0.717) is 19.3 Å². The number of esters is 1. The second-order valence-electron chi connectivity index (χ2n) is 16.3. The van der Waals surface area contributed by atoms with Crippen LogP contribution in [-0.4, -0.2) is 64.9 Å². The van der Waals surface area contributed by atoms with Gasteiger partial charge in [-0.2, -0.15) is 0 Å². The summed E-state index contributed by atoms with van der Waals surface area (Å²) in [5, 5.41) is 21.9. The van der Waals surface area contributed by atoms with Crippen LogP contribution in [0.15, 0.2) is 109 Å². The number of phosphoric ester groups is 1. The SMILES string of the molecule is CC/C=C\C/C=C\C/C=C\C/C=C\C/C=C\C/C=C\C/C=C\CCCC(=O)OCC(O)COP(=O)(O)OCC(NC(=O)CCCCCCCCCCC/C=C\C/C=C\CCCCC)C(=O)O. The summed E-state index contributed by atoms with van der Waals surface area (Å²) in [4.78, 5) is 46.1. The van der Waals surface area contributed by atoms with Gasteiger partial charge >= 0.3 is 19.8 Å². The number of carbonyl (C=O) groups is 3. The Labute approximate surface area is 399 Å². The number of hydrogen-bond donors (Lipinski definition) is 4. The van der Waals surface area contributed by atoms with Gasteiger partial charge in [0.2, 0.25) is 5.91 Å². The fourth-order valence-electron chi connectivity index (χ4n) is 6.22. The molecule has 0 heterocycles. The monoisotopic (exact) mass is 942 g/mol. The Bertz CT molecular complexity index is 1530. The van der Waals surface area contributed by atoms with Gasteiger partial charge in [0.05, 0.1) is 13.2 Å². The molecule has 12 heteroatoms. The van der Waals surface area contributed by atoms with Crippen molar-refractivity contribution < 1.29 is 47.8 Å². The predicted molar refractivity (Wildman–Crippen MR) is 272 cm³/mol. The minimum atomic E-state index is -4.78. The molecule has 0 fully saturated rings. The number of phosphoric acid groups is 1. The summed E-state index contributed by atoms with van der Waals surface area (Å²) in [6.07, 6.45) is 62.5. The fraction of sp³-hybridized carbons (Fsp3) is 0.611. The number of aliphatic hydroxyl groups is 1. The van der Waals surface area contributed by atoms with Crippen molar-refractivity contribution in [3.8, 4) is 0 Å². The van der Waals surface area contributed by atoms with Gasteiger partial charge in [0.1, 0.15) is 12.7 Å². The maximum Gasteiger partial charge on any atom is 0.472 e. The van der Waals surface area contributed by atoms with Crippen molar-refractivity contribution in [2.75, 3.05) is 19.8 Å². The Morgan fingerprint density at radius 3 is 1.35 bits per heavy atom. The van der Waals surface area contributed by atoms with Gasteiger partial charge in [-0.1, -0.05) is 181 Å². The number of carbonyl (C=O) groups excluding carboxylic acids is 2. The zero-order valence-corrected chi connectivity index (χ0v) is 41.6. The number of ether oxygens (including phenoxy) is 1. The second kappa shape index (κ2) is 47.6. The Balaban J connectivity index is 3.96. The largest absolute Gasteiger partial charge is 0.480 e. The zero-order valence-electron chi connectivity index (χ0n) is 40.7. The molecule has 0 aromatic heterocycles. The third kappa shape index (κ3) is 46.7. The Kier molecular flexibility index (Phi) is 44.8. The third-order valence-electron chi connectivity index (χ3n) is 10.0. The molecule has 66 heavy (non-hydrogen) atoms. The van der Waals surface area contributed by atoms with Gasteiger partial charge in [0.15, 0.2) is 6.04 Å². The average Bonchev–Trinajstić information content (AvgIpc) is 3.29. The van der Waals surface area contributed by atoms with Crippen molar-refractivity contribution in [3.05, 3.63) is 109 Å². The third-order valence-corrected chi connectivity index (χ3v) is 11.0. The number of rotatable bonds is 45. The van der Waals surface area contributed by atoms with E-state index in [1.165, 1.54) is 51.4 Å². The van der Waals surface area contributed by atoms with Gasteiger partial charge in [0.25, 0.3) is 0 Å². The molecule has 0 aliphatic heterocycles. The van der Waals surface area contributed by atoms with Crippen LogP contribution in [-0.2, 0) is 32.7 Å². The Morgan fingerprint density at radius 1 is 0.500 bits per heavy atom. The lowest BCUT2D eigenvalue weighted by Gasteiger charge is -2.18. The molecule has 3 unspecified atom stereocenters. The predicted octanol–water partition coefficient (Wildman–Crippen LogP) is 13.8. The highest BCUT2D eigenvalue weighted by molar-refractivity contribution is 7.47. The number of carboxylic acid groups (broad SMARTS) is 1. The zero-order chi connectivity index (χ0) is 48.4. The van der Waals surface area contributed by atoms with Gasteiger partial charge in [-0.15, -0.1) is 0 Å². The minimum absolute atomic E-state index is 0.131. The molecule has 0 radical (unpaired) electrons. The number of carboxylic acids is 1. The van der Waals surface area contributed by atoms with Crippen molar-refractivity contribution in [3.63, 3.8) is 0 Å². The molecular formula is C54H88NO10P. The number of allylic oxidation sites excluding steroid dienone is 18. The molecule has 374 valence electrons. The lowest BCUT2D eigenvalue weighted by atomic mass is 10.1. The summed E-state index contributed by atoms with van der Waals surface area (Å²) in [5.41, 5.74) is 0. The first kappa shape index (κ1) is 62.1. The maximum atomic E-state index is 12.4. The van der Waals surface area contributed by atoms with Crippen molar-refractivity contribution >= 4 is 25.7 Å². The second-order valence-corrected chi connectivity index (χ2v) is 17.7. The molecule has 1 amide bonds.